The average Bonchev–Trinajstić information content (AvgIpc) is 2.57. The first-order chi connectivity index (χ1) is 12.0. The van der Waals surface area contributed by atoms with Crippen molar-refractivity contribution in [3.63, 3.8) is 0 Å². The number of halogens is 2. The van der Waals surface area contributed by atoms with Crippen LogP contribution in [0.25, 0.3) is 0 Å². The van der Waals surface area contributed by atoms with Crippen molar-refractivity contribution in [2.24, 2.45) is 4.99 Å². The van der Waals surface area contributed by atoms with Gasteiger partial charge in [-0.3, -0.25) is 5.32 Å². The van der Waals surface area contributed by atoms with Gasteiger partial charge in [0.05, 0.1) is 5.69 Å². The topological polar surface area (TPSA) is 149 Å². The predicted octanol–water partition coefficient (Wildman–Crippen LogP) is 1.34. The zero-order valence-electron chi connectivity index (χ0n) is 12.5. The molecule has 1 unspecified atom stereocenters. The first-order valence-corrected chi connectivity index (χ1v) is 6.90. The number of fused-ring (bicyclic) bond motifs is 1. The summed E-state index contributed by atoms with van der Waals surface area (Å²) in [5.74, 6) is -1.99. The Balaban J connectivity index is 2.25. The van der Waals surface area contributed by atoms with Gasteiger partial charge in [0.15, 0.2) is 17.8 Å². The van der Waals surface area contributed by atoms with Gasteiger partial charge in [0.2, 0.25) is 5.96 Å². The van der Waals surface area contributed by atoms with E-state index in [0.717, 1.165) is 12.1 Å². The van der Waals surface area contributed by atoms with Gasteiger partial charge in [-0.2, -0.15) is 10.5 Å². The third-order valence-corrected chi connectivity index (χ3v) is 3.62. The molecule has 124 valence electrons. The number of aliphatic imine (C=N–C) groups is 1. The van der Waals surface area contributed by atoms with Crippen LogP contribution >= 0.6 is 0 Å². The van der Waals surface area contributed by atoms with E-state index in [0.29, 0.717) is 0 Å². The second-order valence-corrected chi connectivity index (χ2v) is 5.08. The van der Waals surface area contributed by atoms with E-state index in [4.69, 9.17) is 16.7 Å². The fourth-order valence-corrected chi connectivity index (χ4v) is 2.50. The SMILES string of the molecule is N#CNC1=NC(c2ccc(F)c(F)c2)c2c(nc(N)c(C#N)c2N)N1. The number of hydrogen-bond acceptors (Lipinski definition) is 8. The molecule has 0 radical (unpaired) electrons. The molecule has 2 heterocycles. The fraction of sp³-hybridized carbons (Fsp3) is 0.0667. The number of rotatable bonds is 1. The van der Waals surface area contributed by atoms with Crippen LogP contribution in [0.5, 0.6) is 0 Å². The highest BCUT2D eigenvalue weighted by molar-refractivity contribution is 5.98. The molecule has 0 aliphatic carbocycles. The molecule has 1 aliphatic heterocycles. The Hall–Kier alpha value is -3.92. The maximum absolute atomic E-state index is 13.6. The van der Waals surface area contributed by atoms with E-state index in [2.05, 4.69) is 20.6 Å². The van der Waals surface area contributed by atoms with E-state index in [-0.39, 0.29) is 40.0 Å². The number of aromatic nitrogens is 1. The molecular weight excluding hydrogens is 330 g/mol. The lowest BCUT2D eigenvalue weighted by molar-refractivity contribution is 0.506. The first-order valence-electron chi connectivity index (χ1n) is 6.90. The molecule has 1 atom stereocenters. The van der Waals surface area contributed by atoms with Crippen molar-refractivity contribution in [2.45, 2.75) is 6.04 Å². The van der Waals surface area contributed by atoms with Crippen LogP contribution < -0.4 is 22.1 Å². The van der Waals surface area contributed by atoms with E-state index in [9.17, 15) is 14.0 Å². The summed E-state index contributed by atoms with van der Waals surface area (Å²) in [6.07, 6.45) is 1.69. The number of hydrogen-bond donors (Lipinski definition) is 4. The van der Waals surface area contributed by atoms with Crippen molar-refractivity contribution in [2.75, 3.05) is 16.8 Å². The van der Waals surface area contributed by atoms with Gasteiger partial charge in [0.1, 0.15) is 29.3 Å². The van der Waals surface area contributed by atoms with Gasteiger partial charge in [0.25, 0.3) is 0 Å². The summed E-state index contributed by atoms with van der Waals surface area (Å²) in [5.41, 5.74) is 12.3. The summed E-state index contributed by atoms with van der Waals surface area (Å²) >= 11 is 0. The molecule has 0 saturated carbocycles. The average molecular weight is 340 g/mol. The quantitative estimate of drug-likeness (QED) is 0.452. The van der Waals surface area contributed by atoms with Crippen molar-refractivity contribution in [1.29, 1.82) is 10.5 Å². The third-order valence-electron chi connectivity index (χ3n) is 3.62. The smallest absolute Gasteiger partial charge is 0.211 e. The third kappa shape index (κ3) is 2.62. The molecule has 10 heteroatoms. The Morgan fingerprint density at radius 1 is 1.20 bits per heavy atom. The monoisotopic (exact) mass is 340 g/mol. The molecule has 0 fully saturated rings. The lowest BCUT2D eigenvalue weighted by atomic mass is 9.95. The molecule has 0 saturated heterocycles. The molecule has 8 nitrogen and oxygen atoms in total. The number of nitriles is 2. The van der Waals surface area contributed by atoms with Crippen LogP contribution in [0.1, 0.15) is 22.7 Å². The van der Waals surface area contributed by atoms with Crippen LogP contribution in [0.15, 0.2) is 23.2 Å². The predicted molar refractivity (Wildman–Crippen MR) is 85.8 cm³/mol. The van der Waals surface area contributed by atoms with Gasteiger partial charge in [0, 0.05) is 5.56 Å². The molecule has 1 aliphatic rings. The van der Waals surface area contributed by atoms with E-state index in [1.807, 2.05) is 6.07 Å². The van der Waals surface area contributed by atoms with Crippen LogP contribution in [0, 0.1) is 34.4 Å². The second kappa shape index (κ2) is 5.94. The van der Waals surface area contributed by atoms with Crippen molar-refractivity contribution < 1.29 is 8.78 Å². The summed E-state index contributed by atoms with van der Waals surface area (Å²) in [6, 6.07) is 4.18. The van der Waals surface area contributed by atoms with Crippen molar-refractivity contribution in [3.8, 4) is 12.3 Å². The zero-order chi connectivity index (χ0) is 18.1. The number of anilines is 3. The summed E-state index contributed by atoms with van der Waals surface area (Å²) in [6.45, 7) is 0. The highest BCUT2D eigenvalue weighted by Crippen LogP contribution is 2.40. The standard InChI is InChI=1S/C15H10F2N8/c16-8-2-1-6(3-9(8)17)12-10-11(20)7(4-18)13(21)24-14(10)25-15(23-12)22-5-19/h1-3,12H,(H6,20,21,22,23,24,25). The highest BCUT2D eigenvalue weighted by atomic mass is 19.2. The highest BCUT2D eigenvalue weighted by Gasteiger charge is 2.30. The van der Waals surface area contributed by atoms with Crippen LogP contribution in [0.3, 0.4) is 0 Å². The molecule has 6 N–H and O–H groups in total. The van der Waals surface area contributed by atoms with Crippen molar-refractivity contribution in [3.05, 3.63) is 46.5 Å². The molecule has 1 aromatic heterocycles. The molecular formula is C15H10F2N8. The lowest BCUT2D eigenvalue weighted by Crippen LogP contribution is -2.32. The summed E-state index contributed by atoms with van der Waals surface area (Å²) in [7, 11) is 0. The fourth-order valence-electron chi connectivity index (χ4n) is 2.50. The Bertz CT molecular complexity index is 986. The first kappa shape index (κ1) is 16.0. The van der Waals surface area contributed by atoms with Crippen molar-refractivity contribution >= 4 is 23.3 Å². The van der Waals surface area contributed by atoms with Crippen LogP contribution in [-0.4, -0.2) is 10.9 Å². The van der Waals surface area contributed by atoms with Crippen LogP contribution in [0.4, 0.5) is 26.1 Å². The number of nitrogens with two attached hydrogens (primary N) is 2. The normalized spacial score (nSPS) is 15.2. The maximum atomic E-state index is 13.6. The number of nitrogens with zero attached hydrogens (tertiary/aromatic N) is 4. The summed E-state index contributed by atoms with van der Waals surface area (Å²) in [4.78, 5) is 8.29. The Labute approximate surface area is 140 Å². The van der Waals surface area contributed by atoms with Crippen molar-refractivity contribution in [1.82, 2.24) is 10.3 Å². The van der Waals surface area contributed by atoms with Gasteiger partial charge < -0.3 is 16.8 Å². The minimum absolute atomic E-state index is 0.0204. The second-order valence-electron chi connectivity index (χ2n) is 5.08. The molecule has 0 amide bonds. The molecule has 1 aromatic carbocycles. The van der Waals surface area contributed by atoms with E-state index in [1.54, 1.807) is 6.19 Å². The van der Waals surface area contributed by atoms with E-state index < -0.39 is 17.7 Å². The Morgan fingerprint density at radius 3 is 2.60 bits per heavy atom. The maximum Gasteiger partial charge on any atom is 0.211 e. The van der Waals surface area contributed by atoms with E-state index >= 15 is 0 Å². The number of nitrogen functional groups attached to an aromatic ring is 2. The van der Waals surface area contributed by atoms with Gasteiger partial charge in [-0.1, -0.05) is 6.07 Å². The molecule has 25 heavy (non-hydrogen) atoms. The van der Waals surface area contributed by atoms with Crippen LogP contribution in [0.2, 0.25) is 0 Å². The number of guanidine groups is 1. The molecule has 0 spiro atoms. The number of benzene rings is 1. The number of pyridine rings is 1. The zero-order valence-corrected chi connectivity index (χ0v) is 12.5. The van der Waals surface area contributed by atoms with Crippen LogP contribution in [-0.2, 0) is 0 Å². The van der Waals surface area contributed by atoms with Gasteiger partial charge in [-0.15, -0.1) is 0 Å². The summed E-state index contributed by atoms with van der Waals surface area (Å²) < 4.78 is 26.9. The molecule has 3 rings (SSSR count). The van der Waals surface area contributed by atoms with Gasteiger partial charge in [-0.05, 0) is 17.7 Å². The van der Waals surface area contributed by atoms with Gasteiger partial charge >= 0.3 is 0 Å². The minimum atomic E-state index is -1.06. The van der Waals surface area contributed by atoms with E-state index in [1.165, 1.54) is 6.07 Å². The summed E-state index contributed by atoms with van der Waals surface area (Å²) in [5, 5.41) is 23.0. The lowest BCUT2D eigenvalue weighted by Gasteiger charge is -2.26. The molecule has 0 bridgehead atoms. The number of nitrogens with one attached hydrogen (secondary N) is 2. The minimum Gasteiger partial charge on any atom is -0.397 e. The van der Waals surface area contributed by atoms with Gasteiger partial charge in [-0.25, -0.2) is 18.8 Å². The molecule has 2 aromatic rings. The largest absolute Gasteiger partial charge is 0.397 e. The Morgan fingerprint density at radius 2 is 1.96 bits per heavy atom. The Kier molecular flexibility index (Phi) is 3.79.